The minimum absolute atomic E-state index is 0.162. The first-order valence-electron chi connectivity index (χ1n) is 4.85. The third-order valence-electron chi connectivity index (χ3n) is 2.01. The van der Waals surface area contributed by atoms with Crippen molar-refractivity contribution in [2.24, 2.45) is 10.2 Å². The Morgan fingerprint density at radius 3 is 2.41 bits per heavy atom. The SMILES string of the molecule is Nc1cc(Cl)c(N=Nc2ccccc2)c(N)n1. The zero-order valence-electron chi connectivity index (χ0n) is 8.84. The summed E-state index contributed by atoms with van der Waals surface area (Å²) in [6.07, 6.45) is 0. The Balaban J connectivity index is 2.34. The zero-order valence-corrected chi connectivity index (χ0v) is 9.59. The number of nitrogens with two attached hydrogens (primary N) is 2. The lowest BCUT2D eigenvalue weighted by atomic mass is 10.3. The number of pyridine rings is 1. The molecule has 1 aromatic carbocycles. The molecule has 1 aromatic heterocycles. The van der Waals surface area contributed by atoms with Crippen molar-refractivity contribution in [1.29, 1.82) is 0 Å². The number of anilines is 2. The molecule has 5 nitrogen and oxygen atoms in total. The quantitative estimate of drug-likeness (QED) is 0.798. The van der Waals surface area contributed by atoms with Crippen molar-refractivity contribution in [2.45, 2.75) is 0 Å². The Kier molecular flexibility index (Phi) is 3.20. The lowest BCUT2D eigenvalue weighted by Gasteiger charge is -2.02. The highest BCUT2D eigenvalue weighted by molar-refractivity contribution is 6.33. The summed E-state index contributed by atoms with van der Waals surface area (Å²) in [5.74, 6) is 0.417. The van der Waals surface area contributed by atoms with Gasteiger partial charge in [0.25, 0.3) is 0 Å². The van der Waals surface area contributed by atoms with Crippen LogP contribution in [0.15, 0.2) is 46.6 Å². The number of nitrogens with zero attached hydrogens (tertiary/aromatic N) is 3. The number of nitrogen functional groups attached to an aromatic ring is 2. The maximum Gasteiger partial charge on any atom is 0.155 e. The summed E-state index contributed by atoms with van der Waals surface area (Å²) >= 11 is 5.95. The van der Waals surface area contributed by atoms with E-state index in [9.17, 15) is 0 Å². The molecule has 86 valence electrons. The molecule has 0 atom stereocenters. The van der Waals surface area contributed by atoms with Gasteiger partial charge in [0.1, 0.15) is 11.5 Å². The molecule has 0 spiro atoms. The second-order valence-electron chi connectivity index (χ2n) is 3.30. The highest BCUT2D eigenvalue weighted by Gasteiger charge is 2.06. The fraction of sp³-hybridized carbons (Fsp3) is 0. The van der Waals surface area contributed by atoms with Crippen molar-refractivity contribution in [3.8, 4) is 0 Å². The Morgan fingerprint density at radius 1 is 1.06 bits per heavy atom. The highest BCUT2D eigenvalue weighted by atomic mass is 35.5. The molecule has 0 bridgehead atoms. The molecule has 4 N–H and O–H groups in total. The molecule has 0 aliphatic rings. The van der Waals surface area contributed by atoms with Crippen LogP contribution in [0.2, 0.25) is 5.02 Å². The lowest BCUT2D eigenvalue weighted by Crippen LogP contribution is -1.96. The van der Waals surface area contributed by atoms with Crippen LogP contribution in [0.4, 0.5) is 23.0 Å². The molecule has 2 rings (SSSR count). The Bertz CT molecular complexity index is 530. The van der Waals surface area contributed by atoms with E-state index in [4.69, 9.17) is 23.1 Å². The second-order valence-corrected chi connectivity index (χ2v) is 3.71. The average molecular weight is 248 g/mol. The summed E-state index contributed by atoms with van der Waals surface area (Å²) in [5, 5.41) is 8.30. The van der Waals surface area contributed by atoms with E-state index in [1.165, 1.54) is 6.07 Å². The number of azo groups is 1. The minimum atomic E-state index is 0.162. The molecule has 0 saturated carbocycles. The van der Waals surface area contributed by atoms with Gasteiger partial charge >= 0.3 is 0 Å². The normalized spacial score (nSPS) is 10.9. The maximum absolute atomic E-state index is 5.95. The van der Waals surface area contributed by atoms with E-state index >= 15 is 0 Å². The minimum Gasteiger partial charge on any atom is -0.384 e. The van der Waals surface area contributed by atoms with Gasteiger partial charge in [-0.25, -0.2) is 4.98 Å². The molecule has 17 heavy (non-hydrogen) atoms. The van der Waals surface area contributed by atoms with Gasteiger partial charge in [0.2, 0.25) is 0 Å². The number of benzene rings is 1. The van der Waals surface area contributed by atoms with Gasteiger partial charge in [0, 0.05) is 6.07 Å². The van der Waals surface area contributed by atoms with Crippen LogP contribution in [-0.2, 0) is 0 Å². The van der Waals surface area contributed by atoms with Gasteiger partial charge in [-0.15, -0.1) is 5.11 Å². The molecule has 1 heterocycles. The van der Waals surface area contributed by atoms with Crippen LogP contribution in [0.3, 0.4) is 0 Å². The van der Waals surface area contributed by atoms with Gasteiger partial charge in [-0.05, 0) is 12.1 Å². The van der Waals surface area contributed by atoms with Gasteiger partial charge in [0.05, 0.1) is 10.7 Å². The second kappa shape index (κ2) is 4.80. The molecule has 6 heteroatoms. The van der Waals surface area contributed by atoms with Gasteiger partial charge < -0.3 is 11.5 Å². The fourth-order valence-corrected chi connectivity index (χ4v) is 1.49. The Labute approximate surface area is 103 Å². The van der Waals surface area contributed by atoms with Crippen LogP contribution in [0.1, 0.15) is 0 Å². The lowest BCUT2D eigenvalue weighted by molar-refractivity contribution is 1.21. The van der Waals surface area contributed by atoms with E-state index in [-0.39, 0.29) is 11.6 Å². The number of hydrogen-bond acceptors (Lipinski definition) is 5. The molecule has 0 aliphatic heterocycles. The van der Waals surface area contributed by atoms with Crippen molar-refractivity contribution in [1.82, 2.24) is 4.98 Å². The van der Waals surface area contributed by atoms with Crippen LogP contribution >= 0.6 is 11.6 Å². The van der Waals surface area contributed by atoms with Crippen LogP contribution in [0.5, 0.6) is 0 Å². The summed E-state index contributed by atoms with van der Waals surface area (Å²) in [6.45, 7) is 0. The van der Waals surface area contributed by atoms with Crippen molar-refractivity contribution in [3.05, 3.63) is 41.4 Å². The molecule has 0 aliphatic carbocycles. The van der Waals surface area contributed by atoms with Crippen molar-refractivity contribution < 1.29 is 0 Å². The molecule has 0 amide bonds. The predicted octanol–water partition coefficient (Wildman–Crippen LogP) is 3.31. The van der Waals surface area contributed by atoms with E-state index < -0.39 is 0 Å². The smallest absolute Gasteiger partial charge is 0.155 e. The molecule has 2 aromatic rings. The largest absolute Gasteiger partial charge is 0.384 e. The van der Waals surface area contributed by atoms with Crippen LogP contribution in [-0.4, -0.2) is 4.98 Å². The highest BCUT2D eigenvalue weighted by Crippen LogP contribution is 2.32. The van der Waals surface area contributed by atoms with Gasteiger partial charge in [-0.2, -0.15) is 5.11 Å². The number of aromatic nitrogens is 1. The Morgan fingerprint density at radius 2 is 1.76 bits per heavy atom. The first-order chi connectivity index (χ1) is 8.16. The molecular formula is C11H10ClN5. The first-order valence-corrected chi connectivity index (χ1v) is 5.23. The van der Waals surface area contributed by atoms with Gasteiger partial charge in [-0.1, -0.05) is 29.8 Å². The number of rotatable bonds is 2. The van der Waals surface area contributed by atoms with E-state index in [1.807, 2.05) is 30.3 Å². The molecule has 0 unspecified atom stereocenters. The molecule has 0 saturated heterocycles. The summed E-state index contributed by atoms with van der Waals surface area (Å²) in [7, 11) is 0. The Hall–Kier alpha value is -2.14. The summed E-state index contributed by atoms with van der Waals surface area (Å²) < 4.78 is 0. The monoisotopic (exact) mass is 247 g/mol. The zero-order chi connectivity index (χ0) is 12.3. The summed E-state index contributed by atoms with van der Waals surface area (Å²) in [5.41, 5.74) is 12.2. The number of hydrogen-bond donors (Lipinski definition) is 2. The van der Waals surface area contributed by atoms with E-state index in [0.717, 1.165) is 0 Å². The summed E-state index contributed by atoms with van der Waals surface area (Å²) in [6, 6.07) is 10.7. The van der Waals surface area contributed by atoms with E-state index in [1.54, 1.807) is 0 Å². The van der Waals surface area contributed by atoms with Crippen LogP contribution in [0, 0.1) is 0 Å². The topological polar surface area (TPSA) is 89.6 Å². The van der Waals surface area contributed by atoms with Gasteiger partial charge in [-0.3, -0.25) is 0 Å². The molecule has 0 fully saturated rings. The molecular weight excluding hydrogens is 238 g/mol. The van der Waals surface area contributed by atoms with Crippen LogP contribution in [0.25, 0.3) is 0 Å². The maximum atomic E-state index is 5.95. The first kappa shape index (κ1) is 11.3. The van der Waals surface area contributed by atoms with Gasteiger partial charge in [0.15, 0.2) is 5.82 Å². The summed E-state index contributed by atoms with van der Waals surface area (Å²) in [4.78, 5) is 3.86. The van der Waals surface area contributed by atoms with Crippen molar-refractivity contribution in [2.75, 3.05) is 11.5 Å². The number of halogens is 1. The average Bonchev–Trinajstić information content (AvgIpc) is 2.29. The van der Waals surface area contributed by atoms with Crippen LogP contribution < -0.4 is 11.5 Å². The standard InChI is InChI=1S/C11H10ClN5/c12-8-6-9(13)15-11(14)10(8)17-16-7-4-2-1-3-5-7/h1-6H,(H4,13,14,15). The third kappa shape index (κ3) is 2.70. The fourth-order valence-electron chi connectivity index (χ4n) is 1.25. The van der Waals surface area contributed by atoms with Crippen molar-refractivity contribution >= 4 is 34.6 Å². The predicted molar refractivity (Wildman–Crippen MR) is 68.7 cm³/mol. The van der Waals surface area contributed by atoms with E-state index in [2.05, 4.69) is 15.2 Å². The van der Waals surface area contributed by atoms with E-state index in [0.29, 0.717) is 16.4 Å². The molecule has 0 radical (unpaired) electrons. The third-order valence-corrected chi connectivity index (χ3v) is 2.30. The van der Waals surface area contributed by atoms with Crippen molar-refractivity contribution in [3.63, 3.8) is 0 Å².